The van der Waals surface area contributed by atoms with Gasteiger partial charge in [-0.25, -0.2) is 0 Å². The molecule has 3 rings (SSSR count). The molecule has 2 N–H and O–H groups in total. The van der Waals surface area contributed by atoms with Crippen LogP contribution in [0.3, 0.4) is 0 Å². The van der Waals surface area contributed by atoms with E-state index in [0.29, 0.717) is 11.9 Å². The first-order chi connectivity index (χ1) is 9.67. The van der Waals surface area contributed by atoms with Crippen molar-refractivity contribution in [3.8, 4) is 22.8 Å². The molecule has 0 spiro atoms. The summed E-state index contributed by atoms with van der Waals surface area (Å²) in [5, 5.41) is 4.37. The van der Waals surface area contributed by atoms with Gasteiger partial charge in [-0.3, -0.25) is 4.68 Å². The van der Waals surface area contributed by atoms with Crippen molar-refractivity contribution in [2.45, 2.75) is 25.4 Å². The topological polar surface area (TPSA) is 62.3 Å². The van der Waals surface area contributed by atoms with Gasteiger partial charge in [0.25, 0.3) is 0 Å². The van der Waals surface area contributed by atoms with Crippen LogP contribution in [0, 0.1) is 0 Å². The van der Waals surface area contributed by atoms with Crippen molar-refractivity contribution in [2.75, 3.05) is 12.8 Å². The number of nitrogen functional groups attached to an aromatic ring is 1. The highest BCUT2D eigenvalue weighted by Gasteiger charge is 2.21. The Morgan fingerprint density at radius 3 is 2.60 bits per heavy atom. The first-order valence-corrected chi connectivity index (χ1v) is 6.82. The number of aromatic nitrogens is 2. The van der Waals surface area contributed by atoms with E-state index in [2.05, 4.69) is 5.10 Å². The summed E-state index contributed by atoms with van der Waals surface area (Å²) in [6.07, 6.45) is 3.84. The zero-order chi connectivity index (χ0) is 14.1. The molecule has 20 heavy (non-hydrogen) atoms. The van der Waals surface area contributed by atoms with Crippen LogP contribution in [0.4, 0.5) is 5.82 Å². The fraction of sp³-hybridized carbons (Fsp3) is 0.400. The van der Waals surface area contributed by atoms with Crippen molar-refractivity contribution in [2.24, 2.45) is 7.05 Å². The van der Waals surface area contributed by atoms with Crippen molar-refractivity contribution in [1.29, 1.82) is 0 Å². The molecule has 5 heteroatoms. The third kappa shape index (κ3) is 2.31. The van der Waals surface area contributed by atoms with Crippen LogP contribution in [0.15, 0.2) is 24.3 Å². The summed E-state index contributed by atoms with van der Waals surface area (Å²) in [5.74, 6) is 2.16. The van der Waals surface area contributed by atoms with Crippen LogP contribution >= 0.6 is 0 Å². The lowest BCUT2D eigenvalue weighted by molar-refractivity contribution is 0.116. The van der Waals surface area contributed by atoms with Crippen LogP contribution in [0.25, 0.3) is 11.3 Å². The zero-order valence-corrected chi connectivity index (χ0v) is 11.8. The standard InChI is InChI=1S/C15H19N3O2/c1-18-15(16)9-12(17-18)10-6-7-13(14(8-10)19-2)20-11-4-3-5-11/h6-9,11H,3-5,16H2,1-2H3. The molecule has 0 unspecified atom stereocenters. The number of nitrogens with zero attached hydrogens (tertiary/aromatic N) is 2. The van der Waals surface area contributed by atoms with Crippen molar-refractivity contribution in [3.05, 3.63) is 24.3 Å². The van der Waals surface area contributed by atoms with Gasteiger partial charge in [-0.15, -0.1) is 0 Å². The summed E-state index contributed by atoms with van der Waals surface area (Å²) in [5.41, 5.74) is 7.61. The van der Waals surface area contributed by atoms with E-state index in [0.717, 1.165) is 35.6 Å². The number of hydrogen-bond acceptors (Lipinski definition) is 4. The van der Waals surface area contributed by atoms with Gasteiger partial charge in [0.2, 0.25) is 0 Å². The van der Waals surface area contributed by atoms with E-state index in [4.69, 9.17) is 15.2 Å². The van der Waals surface area contributed by atoms with Crippen molar-refractivity contribution < 1.29 is 9.47 Å². The molecule has 1 aromatic carbocycles. The van der Waals surface area contributed by atoms with Crippen LogP contribution in [0.1, 0.15) is 19.3 Å². The molecular formula is C15H19N3O2. The molecule has 0 saturated heterocycles. The molecule has 1 aliphatic rings. The predicted molar refractivity (Wildman–Crippen MR) is 77.9 cm³/mol. The molecular weight excluding hydrogens is 254 g/mol. The minimum absolute atomic E-state index is 0.334. The third-order valence-corrected chi connectivity index (χ3v) is 3.72. The number of benzene rings is 1. The summed E-state index contributed by atoms with van der Waals surface area (Å²) in [4.78, 5) is 0. The molecule has 1 aromatic heterocycles. The number of aryl methyl sites for hydroxylation is 1. The summed E-state index contributed by atoms with van der Waals surface area (Å²) in [7, 11) is 3.48. The summed E-state index contributed by atoms with van der Waals surface area (Å²) < 4.78 is 13.0. The summed E-state index contributed by atoms with van der Waals surface area (Å²) >= 11 is 0. The van der Waals surface area contributed by atoms with Gasteiger partial charge in [-0.2, -0.15) is 5.10 Å². The minimum atomic E-state index is 0.334. The van der Waals surface area contributed by atoms with Crippen LogP contribution in [0.2, 0.25) is 0 Å². The smallest absolute Gasteiger partial charge is 0.161 e. The van der Waals surface area contributed by atoms with Crippen LogP contribution < -0.4 is 15.2 Å². The highest BCUT2D eigenvalue weighted by Crippen LogP contribution is 2.35. The molecule has 5 nitrogen and oxygen atoms in total. The number of nitrogens with two attached hydrogens (primary N) is 1. The molecule has 106 valence electrons. The zero-order valence-electron chi connectivity index (χ0n) is 11.8. The van der Waals surface area contributed by atoms with E-state index in [1.165, 1.54) is 6.42 Å². The monoisotopic (exact) mass is 273 g/mol. The molecule has 1 heterocycles. The Labute approximate surface area is 118 Å². The molecule has 0 radical (unpaired) electrons. The quantitative estimate of drug-likeness (QED) is 0.930. The molecule has 0 aliphatic heterocycles. The molecule has 1 fully saturated rings. The molecule has 1 saturated carbocycles. The highest BCUT2D eigenvalue weighted by atomic mass is 16.5. The van der Waals surface area contributed by atoms with Crippen LogP contribution in [-0.4, -0.2) is 23.0 Å². The fourth-order valence-corrected chi connectivity index (χ4v) is 2.22. The van der Waals surface area contributed by atoms with E-state index in [1.807, 2.05) is 31.3 Å². The summed E-state index contributed by atoms with van der Waals surface area (Å²) in [6, 6.07) is 7.71. The van der Waals surface area contributed by atoms with Gasteiger partial charge in [0.1, 0.15) is 5.82 Å². The van der Waals surface area contributed by atoms with Crippen molar-refractivity contribution in [3.63, 3.8) is 0 Å². The van der Waals surface area contributed by atoms with Crippen molar-refractivity contribution >= 4 is 5.82 Å². The lowest BCUT2D eigenvalue weighted by atomic mass is 9.96. The van der Waals surface area contributed by atoms with E-state index >= 15 is 0 Å². The molecule has 0 amide bonds. The molecule has 1 aliphatic carbocycles. The molecule has 0 bridgehead atoms. The van der Waals surface area contributed by atoms with Gasteiger partial charge < -0.3 is 15.2 Å². The summed E-state index contributed by atoms with van der Waals surface area (Å²) in [6.45, 7) is 0. The number of ether oxygens (including phenoxy) is 2. The van der Waals surface area contributed by atoms with Gasteiger partial charge in [0.05, 0.1) is 18.9 Å². The average Bonchev–Trinajstić information content (AvgIpc) is 2.74. The SMILES string of the molecule is COc1cc(-c2cc(N)n(C)n2)ccc1OC1CCC1. The Kier molecular flexibility index (Phi) is 3.26. The number of methoxy groups -OCH3 is 1. The Morgan fingerprint density at radius 2 is 2.05 bits per heavy atom. The minimum Gasteiger partial charge on any atom is -0.493 e. The van der Waals surface area contributed by atoms with E-state index in [1.54, 1.807) is 11.8 Å². The van der Waals surface area contributed by atoms with Gasteiger partial charge in [-0.1, -0.05) is 0 Å². The maximum absolute atomic E-state index is 5.92. The third-order valence-electron chi connectivity index (χ3n) is 3.72. The Bertz CT molecular complexity index is 598. The van der Waals surface area contributed by atoms with Crippen LogP contribution in [-0.2, 0) is 7.05 Å². The second-order valence-corrected chi connectivity index (χ2v) is 5.11. The first-order valence-electron chi connectivity index (χ1n) is 6.82. The lowest BCUT2D eigenvalue weighted by Crippen LogP contribution is -2.24. The van der Waals surface area contributed by atoms with E-state index in [-0.39, 0.29) is 0 Å². The Hall–Kier alpha value is -2.17. The second-order valence-electron chi connectivity index (χ2n) is 5.11. The number of hydrogen-bond donors (Lipinski definition) is 1. The first kappa shape index (κ1) is 12.8. The van der Waals surface area contributed by atoms with Crippen LogP contribution in [0.5, 0.6) is 11.5 Å². The second kappa shape index (κ2) is 5.07. The normalized spacial score (nSPS) is 14.9. The Morgan fingerprint density at radius 1 is 1.25 bits per heavy atom. The molecule has 2 aromatic rings. The maximum Gasteiger partial charge on any atom is 0.161 e. The van der Waals surface area contributed by atoms with E-state index in [9.17, 15) is 0 Å². The van der Waals surface area contributed by atoms with Gasteiger partial charge in [0.15, 0.2) is 11.5 Å². The van der Waals surface area contributed by atoms with Gasteiger partial charge >= 0.3 is 0 Å². The van der Waals surface area contributed by atoms with Gasteiger partial charge in [0, 0.05) is 18.7 Å². The Balaban J connectivity index is 1.89. The average molecular weight is 273 g/mol. The fourth-order valence-electron chi connectivity index (χ4n) is 2.22. The number of rotatable bonds is 4. The largest absolute Gasteiger partial charge is 0.493 e. The van der Waals surface area contributed by atoms with E-state index < -0.39 is 0 Å². The van der Waals surface area contributed by atoms with Crippen molar-refractivity contribution in [1.82, 2.24) is 9.78 Å². The number of anilines is 1. The predicted octanol–water partition coefficient (Wildman–Crippen LogP) is 2.61. The maximum atomic E-state index is 5.92. The highest BCUT2D eigenvalue weighted by molar-refractivity contribution is 5.66. The lowest BCUT2D eigenvalue weighted by Gasteiger charge is -2.27. The van der Waals surface area contributed by atoms with Gasteiger partial charge in [-0.05, 0) is 37.5 Å². The molecule has 0 atom stereocenters.